The fourth-order valence-corrected chi connectivity index (χ4v) is 2.22. The fourth-order valence-electron chi connectivity index (χ4n) is 2.22. The van der Waals surface area contributed by atoms with Crippen molar-refractivity contribution in [1.82, 2.24) is 14.8 Å². The highest BCUT2D eigenvalue weighted by molar-refractivity contribution is 6.02. The van der Waals surface area contributed by atoms with Crippen LogP contribution in [0.2, 0.25) is 0 Å². The van der Waals surface area contributed by atoms with Crippen molar-refractivity contribution in [3.63, 3.8) is 0 Å². The van der Waals surface area contributed by atoms with Crippen molar-refractivity contribution in [3.8, 4) is 0 Å². The summed E-state index contributed by atoms with van der Waals surface area (Å²) in [5, 5.41) is 6.71. The van der Waals surface area contributed by atoms with E-state index in [4.69, 9.17) is 4.74 Å². The number of hydrogen-bond acceptors (Lipinski definition) is 5. The number of carbonyl (C=O) groups is 2. The summed E-state index contributed by atoms with van der Waals surface area (Å²) in [5.74, 6) is -0.121. The molecule has 2 rings (SSSR count). The van der Waals surface area contributed by atoms with Crippen LogP contribution in [0.15, 0.2) is 30.7 Å². The average Bonchev–Trinajstić information content (AvgIpc) is 2.92. The third-order valence-corrected chi connectivity index (χ3v) is 3.64. The topological polar surface area (TPSA) is 86.1 Å². The zero-order valence-electron chi connectivity index (χ0n) is 15.5. The SMILES string of the molecule is Cn1cc(C(C)(C)C(=O)c2ccc(NC(=O)OC(C)(C)C)cn2)cn1. The van der Waals surface area contributed by atoms with Gasteiger partial charge in [-0.2, -0.15) is 5.10 Å². The number of aryl methyl sites for hydroxylation is 1. The lowest BCUT2D eigenvalue weighted by molar-refractivity contribution is 0.0635. The molecular weight excluding hydrogens is 320 g/mol. The summed E-state index contributed by atoms with van der Waals surface area (Å²) in [6.07, 6.45) is 4.37. The van der Waals surface area contributed by atoms with Crippen molar-refractivity contribution in [2.45, 2.75) is 45.6 Å². The number of carbonyl (C=O) groups excluding carboxylic acids is 2. The minimum absolute atomic E-state index is 0.121. The Kier molecular flexibility index (Phi) is 4.97. The van der Waals surface area contributed by atoms with Crippen LogP contribution in [0.3, 0.4) is 0 Å². The molecule has 25 heavy (non-hydrogen) atoms. The van der Waals surface area contributed by atoms with E-state index >= 15 is 0 Å². The van der Waals surface area contributed by atoms with Gasteiger partial charge in [-0.25, -0.2) is 4.79 Å². The molecule has 0 aliphatic rings. The smallest absolute Gasteiger partial charge is 0.412 e. The summed E-state index contributed by atoms with van der Waals surface area (Å²) >= 11 is 0. The van der Waals surface area contributed by atoms with Gasteiger partial charge in [0.1, 0.15) is 11.3 Å². The first-order valence-corrected chi connectivity index (χ1v) is 7.99. The molecular formula is C18H24N4O3. The van der Waals surface area contributed by atoms with E-state index < -0.39 is 17.1 Å². The molecule has 0 saturated carbocycles. The molecule has 134 valence electrons. The lowest BCUT2D eigenvalue weighted by Gasteiger charge is -2.21. The molecule has 0 radical (unpaired) electrons. The highest BCUT2D eigenvalue weighted by Crippen LogP contribution is 2.27. The van der Waals surface area contributed by atoms with E-state index in [0.717, 1.165) is 5.56 Å². The van der Waals surface area contributed by atoms with Gasteiger partial charge in [-0.15, -0.1) is 0 Å². The summed E-state index contributed by atoms with van der Waals surface area (Å²) in [7, 11) is 1.80. The van der Waals surface area contributed by atoms with Crippen LogP contribution in [-0.4, -0.2) is 32.2 Å². The van der Waals surface area contributed by atoms with E-state index in [1.807, 2.05) is 20.0 Å². The molecule has 2 aromatic heterocycles. The van der Waals surface area contributed by atoms with E-state index in [1.54, 1.807) is 50.8 Å². The van der Waals surface area contributed by atoms with Gasteiger partial charge in [-0.1, -0.05) is 0 Å². The van der Waals surface area contributed by atoms with Crippen LogP contribution in [0.1, 0.15) is 50.7 Å². The molecule has 0 spiro atoms. The van der Waals surface area contributed by atoms with Gasteiger partial charge in [0.25, 0.3) is 0 Å². The Morgan fingerprint density at radius 2 is 1.80 bits per heavy atom. The van der Waals surface area contributed by atoms with E-state index in [9.17, 15) is 9.59 Å². The zero-order valence-corrected chi connectivity index (χ0v) is 15.5. The summed E-state index contributed by atoms with van der Waals surface area (Å²) in [4.78, 5) is 28.7. The number of ether oxygens (including phenoxy) is 1. The van der Waals surface area contributed by atoms with E-state index in [1.165, 1.54) is 6.20 Å². The molecule has 0 bridgehead atoms. The Morgan fingerprint density at radius 1 is 1.12 bits per heavy atom. The number of pyridine rings is 1. The third kappa shape index (κ3) is 4.65. The first-order chi connectivity index (χ1) is 11.5. The number of amides is 1. The molecule has 2 heterocycles. The second kappa shape index (κ2) is 6.66. The minimum atomic E-state index is -0.749. The Balaban J connectivity index is 2.11. The molecule has 1 N–H and O–H groups in total. The summed E-state index contributed by atoms with van der Waals surface area (Å²) in [5.41, 5.74) is 0.272. The quantitative estimate of drug-likeness (QED) is 0.860. The van der Waals surface area contributed by atoms with Gasteiger partial charge in [0.2, 0.25) is 0 Å². The van der Waals surface area contributed by atoms with E-state index in [0.29, 0.717) is 11.4 Å². The molecule has 0 saturated heterocycles. The lowest BCUT2D eigenvalue weighted by Crippen LogP contribution is -2.29. The molecule has 0 aromatic carbocycles. The summed E-state index contributed by atoms with van der Waals surface area (Å²) in [6, 6.07) is 3.22. The monoisotopic (exact) mass is 344 g/mol. The summed E-state index contributed by atoms with van der Waals surface area (Å²) < 4.78 is 6.84. The van der Waals surface area contributed by atoms with Crippen LogP contribution in [-0.2, 0) is 17.2 Å². The second-order valence-corrected chi connectivity index (χ2v) is 7.42. The normalized spacial score (nSPS) is 11.9. The number of hydrogen-bond donors (Lipinski definition) is 1. The van der Waals surface area contributed by atoms with Crippen molar-refractivity contribution in [2.24, 2.45) is 7.05 Å². The molecule has 1 amide bonds. The molecule has 0 fully saturated rings. The highest BCUT2D eigenvalue weighted by atomic mass is 16.6. The third-order valence-electron chi connectivity index (χ3n) is 3.64. The van der Waals surface area contributed by atoms with Gasteiger partial charge in [0.05, 0.1) is 23.5 Å². The number of rotatable bonds is 4. The Morgan fingerprint density at radius 3 is 2.28 bits per heavy atom. The first-order valence-electron chi connectivity index (χ1n) is 7.99. The molecule has 7 heteroatoms. The minimum Gasteiger partial charge on any atom is -0.444 e. The van der Waals surface area contributed by atoms with Crippen LogP contribution in [0.25, 0.3) is 0 Å². The number of anilines is 1. The number of Topliss-reactive ketones (excluding diaryl/α,β-unsaturated/α-hetero) is 1. The second-order valence-electron chi connectivity index (χ2n) is 7.42. The van der Waals surface area contributed by atoms with Crippen molar-refractivity contribution in [3.05, 3.63) is 42.0 Å². The van der Waals surface area contributed by atoms with Crippen LogP contribution >= 0.6 is 0 Å². The van der Waals surface area contributed by atoms with Crippen molar-refractivity contribution >= 4 is 17.6 Å². The van der Waals surface area contributed by atoms with E-state index in [2.05, 4.69) is 15.4 Å². The van der Waals surface area contributed by atoms with Gasteiger partial charge in [0.15, 0.2) is 5.78 Å². The van der Waals surface area contributed by atoms with Gasteiger partial charge in [-0.3, -0.25) is 19.8 Å². The predicted molar refractivity (Wildman–Crippen MR) is 94.7 cm³/mol. The number of ketones is 1. The molecule has 2 aromatic rings. The number of aromatic nitrogens is 3. The Bertz CT molecular complexity index is 770. The standard InChI is InChI=1S/C18H24N4O3/c1-17(2,3)25-16(24)21-13-7-8-14(19-10-13)15(23)18(4,5)12-9-20-22(6)11-12/h7-11H,1-6H3,(H,21,24). The van der Waals surface area contributed by atoms with Crippen molar-refractivity contribution < 1.29 is 14.3 Å². The van der Waals surface area contributed by atoms with Gasteiger partial charge in [0, 0.05) is 18.8 Å². The molecule has 0 aliphatic heterocycles. The van der Waals surface area contributed by atoms with Crippen molar-refractivity contribution in [1.29, 1.82) is 0 Å². The molecule has 0 aliphatic carbocycles. The van der Waals surface area contributed by atoms with Gasteiger partial charge >= 0.3 is 6.09 Å². The number of nitrogens with one attached hydrogen (secondary N) is 1. The fraction of sp³-hybridized carbons (Fsp3) is 0.444. The zero-order chi connectivity index (χ0) is 18.8. The maximum absolute atomic E-state index is 12.8. The van der Waals surface area contributed by atoms with Gasteiger partial charge in [-0.05, 0) is 46.8 Å². The van der Waals surface area contributed by atoms with Crippen LogP contribution < -0.4 is 5.32 Å². The molecule has 0 atom stereocenters. The highest BCUT2D eigenvalue weighted by Gasteiger charge is 2.32. The molecule has 7 nitrogen and oxygen atoms in total. The average molecular weight is 344 g/mol. The van der Waals surface area contributed by atoms with Crippen LogP contribution in [0, 0.1) is 0 Å². The largest absolute Gasteiger partial charge is 0.444 e. The lowest BCUT2D eigenvalue weighted by atomic mass is 9.81. The Labute approximate surface area is 147 Å². The Hall–Kier alpha value is -2.70. The first kappa shape index (κ1) is 18.6. The van der Waals surface area contributed by atoms with Crippen LogP contribution in [0.4, 0.5) is 10.5 Å². The maximum atomic E-state index is 12.8. The predicted octanol–water partition coefficient (Wildman–Crippen LogP) is 3.32. The van der Waals surface area contributed by atoms with Crippen LogP contribution in [0.5, 0.6) is 0 Å². The van der Waals surface area contributed by atoms with E-state index in [-0.39, 0.29) is 5.78 Å². The van der Waals surface area contributed by atoms with Gasteiger partial charge < -0.3 is 4.74 Å². The summed E-state index contributed by atoms with van der Waals surface area (Å²) in [6.45, 7) is 9.02. The van der Waals surface area contributed by atoms with Crippen molar-refractivity contribution in [2.75, 3.05) is 5.32 Å². The molecule has 0 unspecified atom stereocenters. The maximum Gasteiger partial charge on any atom is 0.412 e. The number of nitrogens with zero attached hydrogens (tertiary/aromatic N) is 3.